The third-order valence-corrected chi connectivity index (χ3v) is 6.38. The Bertz CT molecular complexity index is 992. The first-order valence-electron chi connectivity index (χ1n) is 10.8. The molecule has 0 aliphatic heterocycles. The maximum atomic E-state index is 13.1. The lowest BCUT2D eigenvalue weighted by Gasteiger charge is -2.29. The second kappa shape index (κ2) is 11.7. The van der Waals surface area contributed by atoms with E-state index in [1.165, 1.54) is 4.31 Å². The molecule has 0 aliphatic rings. The van der Waals surface area contributed by atoms with Crippen LogP contribution in [0.25, 0.3) is 0 Å². The van der Waals surface area contributed by atoms with Crippen molar-refractivity contribution in [3.8, 4) is 0 Å². The summed E-state index contributed by atoms with van der Waals surface area (Å²) in [6.45, 7) is 6.45. The van der Waals surface area contributed by atoms with Gasteiger partial charge >= 0.3 is 0 Å². The summed E-state index contributed by atoms with van der Waals surface area (Å²) < 4.78 is 25.9. The van der Waals surface area contributed by atoms with Crippen molar-refractivity contribution in [3.63, 3.8) is 0 Å². The smallest absolute Gasteiger partial charge is 0.242 e. The molecule has 0 radical (unpaired) electrons. The van der Waals surface area contributed by atoms with Gasteiger partial charge in [0, 0.05) is 26.1 Å². The number of nitrogens with one attached hydrogen (secondary N) is 1. The van der Waals surface area contributed by atoms with E-state index in [0.717, 1.165) is 17.4 Å². The van der Waals surface area contributed by atoms with Crippen molar-refractivity contribution in [1.82, 2.24) is 10.2 Å². The van der Waals surface area contributed by atoms with Gasteiger partial charge in [-0.05, 0) is 44.9 Å². The second-order valence-corrected chi connectivity index (χ2v) is 9.76. The van der Waals surface area contributed by atoms with Crippen molar-refractivity contribution in [2.24, 2.45) is 0 Å². The number of carbonyl (C=O) groups excluding carboxylic acids is 2. The molecular formula is C24H33N3O4S. The molecule has 0 saturated carbocycles. The predicted molar refractivity (Wildman–Crippen MR) is 128 cm³/mol. The standard InChI is InChI=1S/C24H33N3O4S/c1-5-25-24(29)20(3)26(18-21-10-7-6-8-11-21)23(28)12-9-17-27(32(4,30)31)22-15-13-19(2)14-16-22/h6-8,10-11,13-16,20H,5,9,12,17-18H2,1-4H3,(H,25,29)/t20-/m0/s1. The quantitative estimate of drug-likeness (QED) is 0.559. The first-order chi connectivity index (χ1) is 15.1. The van der Waals surface area contributed by atoms with Gasteiger partial charge in [0.2, 0.25) is 21.8 Å². The molecule has 0 heterocycles. The van der Waals surface area contributed by atoms with E-state index in [2.05, 4.69) is 5.32 Å². The normalized spacial score (nSPS) is 12.1. The van der Waals surface area contributed by atoms with E-state index >= 15 is 0 Å². The number of carbonyl (C=O) groups is 2. The second-order valence-electron chi connectivity index (χ2n) is 7.85. The first kappa shape index (κ1) is 25.4. The van der Waals surface area contributed by atoms with Crippen LogP contribution in [0.3, 0.4) is 0 Å². The predicted octanol–water partition coefficient (Wildman–Crippen LogP) is 3.09. The van der Waals surface area contributed by atoms with Gasteiger partial charge in [0.05, 0.1) is 11.9 Å². The summed E-state index contributed by atoms with van der Waals surface area (Å²) in [6.07, 6.45) is 1.63. The highest BCUT2D eigenvalue weighted by atomic mass is 32.2. The van der Waals surface area contributed by atoms with Crippen LogP contribution in [0.4, 0.5) is 5.69 Å². The van der Waals surface area contributed by atoms with Gasteiger partial charge in [-0.2, -0.15) is 0 Å². The number of sulfonamides is 1. The highest BCUT2D eigenvalue weighted by Crippen LogP contribution is 2.19. The number of anilines is 1. The molecule has 2 aromatic carbocycles. The third-order valence-electron chi connectivity index (χ3n) is 5.19. The number of likely N-dealkylation sites (N-methyl/N-ethyl adjacent to an activating group) is 1. The third kappa shape index (κ3) is 7.37. The van der Waals surface area contributed by atoms with Crippen LogP contribution < -0.4 is 9.62 Å². The summed E-state index contributed by atoms with van der Waals surface area (Å²) in [6, 6.07) is 16.1. The summed E-state index contributed by atoms with van der Waals surface area (Å²) >= 11 is 0. The molecule has 2 aromatic rings. The summed E-state index contributed by atoms with van der Waals surface area (Å²) in [5.74, 6) is -0.404. The molecule has 0 unspecified atom stereocenters. The minimum Gasteiger partial charge on any atom is -0.355 e. The number of amides is 2. The van der Waals surface area contributed by atoms with Crippen LogP contribution >= 0.6 is 0 Å². The van der Waals surface area contributed by atoms with Crippen LogP contribution in [0.15, 0.2) is 54.6 Å². The molecule has 7 nitrogen and oxygen atoms in total. The molecule has 0 fully saturated rings. The van der Waals surface area contributed by atoms with Gasteiger partial charge in [0.1, 0.15) is 6.04 Å². The fourth-order valence-corrected chi connectivity index (χ4v) is 4.37. The lowest BCUT2D eigenvalue weighted by molar-refractivity contribution is -0.140. The minimum atomic E-state index is -3.49. The van der Waals surface area contributed by atoms with Crippen LogP contribution in [0.5, 0.6) is 0 Å². The minimum absolute atomic E-state index is 0.133. The van der Waals surface area contributed by atoms with E-state index in [1.807, 2.05) is 56.3 Å². The van der Waals surface area contributed by atoms with Crippen molar-refractivity contribution in [1.29, 1.82) is 0 Å². The fraction of sp³-hybridized carbons (Fsp3) is 0.417. The van der Waals surface area contributed by atoms with E-state index in [9.17, 15) is 18.0 Å². The molecule has 1 N–H and O–H groups in total. The summed E-state index contributed by atoms with van der Waals surface area (Å²) in [5.41, 5.74) is 2.53. The number of hydrogen-bond acceptors (Lipinski definition) is 4. The van der Waals surface area contributed by atoms with Gasteiger partial charge in [-0.3, -0.25) is 13.9 Å². The number of hydrogen-bond donors (Lipinski definition) is 1. The molecule has 0 saturated heterocycles. The van der Waals surface area contributed by atoms with E-state index < -0.39 is 16.1 Å². The van der Waals surface area contributed by atoms with E-state index in [4.69, 9.17) is 0 Å². The van der Waals surface area contributed by atoms with Crippen LogP contribution in [0.2, 0.25) is 0 Å². The monoisotopic (exact) mass is 459 g/mol. The molecule has 174 valence electrons. The highest BCUT2D eigenvalue weighted by Gasteiger charge is 2.26. The Morgan fingerprint density at radius 3 is 2.22 bits per heavy atom. The fourth-order valence-electron chi connectivity index (χ4n) is 3.40. The molecule has 2 amide bonds. The Morgan fingerprint density at radius 1 is 1.03 bits per heavy atom. The van der Waals surface area contributed by atoms with Crippen LogP contribution in [0.1, 0.15) is 37.8 Å². The molecule has 0 aliphatic carbocycles. The van der Waals surface area contributed by atoms with E-state index in [1.54, 1.807) is 24.0 Å². The highest BCUT2D eigenvalue weighted by molar-refractivity contribution is 7.92. The van der Waals surface area contributed by atoms with Crippen LogP contribution in [-0.4, -0.2) is 50.5 Å². The zero-order chi connectivity index (χ0) is 23.7. The number of benzene rings is 2. The molecule has 0 spiro atoms. The SMILES string of the molecule is CCNC(=O)[C@H](C)N(Cc1ccccc1)C(=O)CCCN(c1ccc(C)cc1)S(C)(=O)=O. The Kier molecular flexibility index (Phi) is 9.26. The summed E-state index contributed by atoms with van der Waals surface area (Å²) in [5, 5.41) is 2.77. The van der Waals surface area contributed by atoms with Crippen LogP contribution in [-0.2, 0) is 26.2 Å². The van der Waals surface area contributed by atoms with E-state index in [0.29, 0.717) is 25.2 Å². The molecule has 2 rings (SSSR count). The van der Waals surface area contributed by atoms with E-state index in [-0.39, 0.29) is 24.8 Å². The number of aryl methyl sites for hydroxylation is 1. The zero-order valence-electron chi connectivity index (χ0n) is 19.2. The summed E-state index contributed by atoms with van der Waals surface area (Å²) in [4.78, 5) is 27.1. The van der Waals surface area contributed by atoms with Gasteiger partial charge in [0.25, 0.3) is 0 Å². The molecule has 0 aromatic heterocycles. The Balaban J connectivity index is 2.11. The maximum Gasteiger partial charge on any atom is 0.242 e. The number of nitrogens with zero attached hydrogens (tertiary/aromatic N) is 2. The average Bonchev–Trinajstić information content (AvgIpc) is 2.75. The molecular weight excluding hydrogens is 426 g/mol. The van der Waals surface area contributed by atoms with Gasteiger partial charge in [-0.15, -0.1) is 0 Å². The van der Waals surface area contributed by atoms with Crippen molar-refractivity contribution in [3.05, 3.63) is 65.7 Å². The summed E-state index contributed by atoms with van der Waals surface area (Å²) in [7, 11) is -3.49. The maximum absolute atomic E-state index is 13.1. The lowest BCUT2D eigenvalue weighted by Crippen LogP contribution is -2.47. The molecule has 32 heavy (non-hydrogen) atoms. The molecule has 8 heteroatoms. The van der Waals surface area contributed by atoms with Gasteiger partial charge in [-0.25, -0.2) is 8.42 Å². The Hall–Kier alpha value is -2.87. The lowest BCUT2D eigenvalue weighted by atomic mass is 10.1. The Labute approximate surface area is 191 Å². The van der Waals surface area contributed by atoms with Crippen molar-refractivity contribution in [2.45, 2.75) is 46.2 Å². The van der Waals surface area contributed by atoms with Crippen molar-refractivity contribution < 1.29 is 18.0 Å². The number of rotatable bonds is 11. The topological polar surface area (TPSA) is 86.8 Å². The zero-order valence-corrected chi connectivity index (χ0v) is 20.1. The largest absolute Gasteiger partial charge is 0.355 e. The average molecular weight is 460 g/mol. The van der Waals surface area contributed by atoms with Crippen molar-refractivity contribution >= 4 is 27.5 Å². The molecule has 1 atom stereocenters. The molecule has 0 bridgehead atoms. The van der Waals surface area contributed by atoms with Gasteiger partial charge < -0.3 is 10.2 Å². The van der Waals surface area contributed by atoms with Gasteiger partial charge in [0.15, 0.2) is 0 Å². The van der Waals surface area contributed by atoms with Gasteiger partial charge in [-0.1, -0.05) is 48.0 Å². The Morgan fingerprint density at radius 2 is 1.66 bits per heavy atom. The first-order valence-corrected chi connectivity index (χ1v) is 12.6. The van der Waals surface area contributed by atoms with Crippen molar-refractivity contribution in [2.75, 3.05) is 23.7 Å². The van der Waals surface area contributed by atoms with Crippen LogP contribution in [0, 0.1) is 6.92 Å².